The van der Waals surface area contributed by atoms with Gasteiger partial charge in [0.2, 0.25) is 0 Å². The smallest absolute Gasteiger partial charge is 0.342 e. The summed E-state index contributed by atoms with van der Waals surface area (Å²) in [5.41, 5.74) is 1.10. The van der Waals surface area contributed by atoms with E-state index in [1.165, 1.54) is 12.6 Å². The van der Waals surface area contributed by atoms with Crippen LogP contribution in [0.1, 0.15) is 74.8 Å². The van der Waals surface area contributed by atoms with Gasteiger partial charge in [0, 0.05) is 18.8 Å². The fourth-order valence-corrected chi connectivity index (χ4v) is 4.05. The highest BCUT2D eigenvalue weighted by molar-refractivity contribution is 5.92. The van der Waals surface area contributed by atoms with Gasteiger partial charge >= 0.3 is 5.97 Å². The fraction of sp³-hybridized carbons (Fsp3) is 0.545. The summed E-state index contributed by atoms with van der Waals surface area (Å²) in [5, 5.41) is 4.34. The molecule has 0 saturated heterocycles. The van der Waals surface area contributed by atoms with Crippen LogP contribution in [-0.4, -0.2) is 50.7 Å². The van der Waals surface area contributed by atoms with Crippen LogP contribution in [0.15, 0.2) is 30.6 Å². The zero-order valence-corrected chi connectivity index (χ0v) is 17.5. The summed E-state index contributed by atoms with van der Waals surface area (Å²) in [4.78, 5) is 31.6. The Morgan fingerprint density at radius 2 is 2.00 bits per heavy atom. The number of amides is 1. The van der Waals surface area contributed by atoms with Gasteiger partial charge in [0.25, 0.3) is 5.91 Å². The summed E-state index contributed by atoms with van der Waals surface area (Å²) < 4.78 is 7.06. The van der Waals surface area contributed by atoms with E-state index in [1.54, 1.807) is 10.9 Å². The van der Waals surface area contributed by atoms with Gasteiger partial charge in [0.15, 0.2) is 12.4 Å². The van der Waals surface area contributed by atoms with E-state index in [0.29, 0.717) is 17.9 Å². The predicted molar refractivity (Wildman–Crippen MR) is 110 cm³/mol. The third-order valence-corrected chi connectivity index (χ3v) is 5.44. The van der Waals surface area contributed by atoms with Crippen LogP contribution in [0.3, 0.4) is 0 Å². The number of rotatable bonds is 7. The Morgan fingerprint density at radius 3 is 2.62 bits per heavy atom. The third-order valence-electron chi connectivity index (χ3n) is 5.44. The number of hydrogen-bond acceptors (Lipinski definition) is 5. The number of hydrogen-bond donors (Lipinski definition) is 0. The zero-order valence-electron chi connectivity index (χ0n) is 17.5. The van der Waals surface area contributed by atoms with E-state index in [2.05, 4.69) is 10.1 Å². The molecule has 7 nitrogen and oxygen atoms in total. The summed E-state index contributed by atoms with van der Waals surface area (Å²) in [7, 11) is 0. The fourth-order valence-electron chi connectivity index (χ4n) is 4.05. The van der Waals surface area contributed by atoms with Gasteiger partial charge in [-0.15, -0.1) is 0 Å². The summed E-state index contributed by atoms with van der Waals surface area (Å²) in [6, 6.07) is 5.79. The highest BCUT2D eigenvalue weighted by Gasteiger charge is 2.27. The highest BCUT2D eigenvalue weighted by atomic mass is 16.5. The molecule has 0 N–H and O–H groups in total. The lowest BCUT2D eigenvalue weighted by molar-refractivity contribution is -0.137. The Bertz CT molecular complexity index is 826. The second-order valence-corrected chi connectivity index (χ2v) is 7.75. The van der Waals surface area contributed by atoms with Crippen LogP contribution in [0.4, 0.5) is 0 Å². The maximum atomic E-state index is 12.7. The first-order valence-electron chi connectivity index (χ1n) is 10.5. The van der Waals surface area contributed by atoms with Gasteiger partial charge in [-0.05, 0) is 37.8 Å². The van der Waals surface area contributed by atoms with Crippen LogP contribution in [-0.2, 0) is 9.53 Å². The van der Waals surface area contributed by atoms with E-state index in [1.807, 2.05) is 43.9 Å². The largest absolute Gasteiger partial charge is 0.452 e. The molecule has 0 atom stereocenters. The number of carbonyl (C=O) groups is 2. The lowest BCUT2D eigenvalue weighted by Crippen LogP contribution is -2.43. The molecule has 0 aromatic carbocycles. The number of nitrogens with zero attached hydrogens (tertiary/aromatic N) is 4. The summed E-state index contributed by atoms with van der Waals surface area (Å²) >= 11 is 0. The van der Waals surface area contributed by atoms with Crippen molar-refractivity contribution in [2.75, 3.05) is 13.2 Å². The standard InChI is InChI=1S/C22H30N4O3/c1-4-25(17-10-6-5-7-11-17)20(27)15-29-22(28)18-14-24-26(21(18)16(2)3)19-12-8-9-13-23-19/h8-9,12-14,16-17H,4-7,10-11,15H2,1-3H3. The van der Waals surface area contributed by atoms with E-state index in [9.17, 15) is 9.59 Å². The van der Waals surface area contributed by atoms with E-state index >= 15 is 0 Å². The van der Waals surface area contributed by atoms with Gasteiger partial charge in [-0.2, -0.15) is 5.10 Å². The number of carbonyl (C=O) groups excluding carboxylic acids is 2. The number of aromatic nitrogens is 3. The average molecular weight is 399 g/mol. The third kappa shape index (κ3) is 4.83. The Labute approximate surface area is 172 Å². The van der Waals surface area contributed by atoms with E-state index < -0.39 is 5.97 Å². The van der Waals surface area contributed by atoms with Crippen molar-refractivity contribution < 1.29 is 14.3 Å². The van der Waals surface area contributed by atoms with Gasteiger partial charge < -0.3 is 9.64 Å². The average Bonchev–Trinajstić information content (AvgIpc) is 3.19. The maximum absolute atomic E-state index is 12.7. The van der Waals surface area contributed by atoms with Crippen molar-refractivity contribution in [2.24, 2.45) is 0 Å². The summed E-state index contributed by atoms with van der Waals surface area (Å²) in [6.07, 6.45) is 8.77. The molecule has 156 valence electrons. The van der Waals surface area contributed by atoms with Gasteiger partial charge in [-0.3, -0.25) is 4.79 Å². The topological polar surface area (TPSA) is 77.3 Å². The van der Waals surface area contributed by atoms with Gasteiger partial charge in [0.1, 0.15) is 5.56 Å². The summed E-state index contributed by atoms with van der Waals surface area (Å²) in [5.74, 6) is 0.0211. The molecule has 7 heteroatoms. The molecule has 2 heterocycles. The second kappa shape index (κ2) is 9.67. The molecule has 0 spiro atoms. The molecule has 0 aliphatic heterocycles. The van der Waals surface area contributed by atoms with Crippen LogP contribution in [0.2, 0.25) is 0 Å². The molecule has 1 aliphatic rings. The molecule has 0 bridgehead atoms. The Morgan fingerprint density at radius 1 is 1.24 bits per heavy atom. The number of likely N-dealkylation sites (N-methyl/N-ethyl adjacent to an activating group) is 1. The van der Waals surface area contributed by atoms with Gasteiger partial charge in [-0.25, -0.2) is 14.5 Å². The van der Waals surface area contributed by atoms with Crippen molar-refractivity contribution in [3.63, 3.8) is 0 Å². The molecule has 1 aliphatic carbocycles. The molecule has 29 heavy (non-hydrogen) atoms. The Hall–Kier alpha value is -2.70. The lowest BCUT2D eigenvalue weighted by Gasteiger charge is -2.33. The van der Waals surface area contributed by atoms with Crippen molar-refractivity contribution in [1.29, 1.82) is 0 Å². The first-order chi connectivity index (χ1) is 14.0. The first-order valence-corrected chi connectivity index (χ1v) is 10.5. The van der Waals surface area contributed by atoms with E-state index in [4.69, 9.17) is 4.74 Å². The normalized spacial score (nSPS) is 14.8. The molecule has 2 aromatic rings. The maximum Gasteiger partial charge on any atom is 0.342 e. The molecule has 0 radical (unpaired) electrons. The predicted octanol–water partition coefficient (Wildman–Crippen LogP) is 3.73. The number of pyridine rings is 1. The Balaban J connectivity index is 1.70. The molecule has 1 saturated carbocycles. The number of esters is 1. The summed E-state index contributed by atoms with van der Waals surface area (Å²) in [6.45, 7) is 6.34. The lowest BCUT2D eigenvalue weighted by atomic mass is 9.94. The molecule has 1 amide bonds. The van der Waals surface area contributed by atoms with Crippen molar-refractivity contribution in [3.05, 3.63) is 41.9 Å². The van der Waals surface area contributed by atoms with Gasteiger partial charge in [0.05, 0.1) is 11.9 Å². The van der Waals surface area contributed by atoms with Crippen molar-refractivity contribution in [2.45, 2.75) is 64.8 Å². The zero-order chi connectivity index (χ0) is 20.8. The molecule has 3 rings (SSSR count). The van der Waals surface area contributed by atoms with Crippen LogP contribution >= 0.6 is 0 Å². The van der Waals surface area contributed by atoms with Crippen LogP contribution in [0.5, 0.6) is 0 Å². The van der Waals surface area contributed by atoms with Gasteiger partial charge in [-0.1, -0.05) is 39.2 Å². The second-order valence-electron chi connectivity index (χ2n) is 7.75. The van der Waals surface area contributed by atoms with Crippen molar-refractivity contribution in [3.8, 4) is 5.82 Å². The number of ether oxygens (including phenoxy) is 1. The van der Waals surface area contributed by atoms with E-state index in [0.717, 1.165) is 31.4 Å². The molecular formula is C22H30N4O3. The quantitative estimate of drug-likeness (QED) is 0.664. The van der Waals surface area contributed by atoms with E-state index in [-0.39, 0.29) is 24.5 Å². The SMILES string of the molecule is CCN(C(=O)COC(=O)c1cnn(-c2ccccn2)c1C(C)C)C1CCCCC1. The van der Waals surface area contributed by atoms with Crippen LogP contribution in [0, 0.1) is 0 Å². The highest BCUT2D eigenvalue weighted by Crippen LogP contribution is 2.24. The molecule has 1 fully saturated rings. The minimum absolute atomic E-state index is 0.0344. The van der Waals surface area contributed by atoms with Crippen molar-refractivity contribution >= 4 is 11.9 Å². The van der Waals surface area contributed by atoms with Crippen LogP contribution < -0.4 is 0 Å². The molecule has 2 aromatic heterocycles. The monoisotopic (exact) mass is 398 g/mol. The van der Waals surface area contributed by atoms with Crippen molar-refractivity contribution in [1.82, 2.24) is 19.7 Å². The minimum Gasteiger partial charge on any atom is -0.452 e. The van der Waals surface area contributed by atoms with Crippen LogP contribution in [0.25, 0.3) is 5.82 Å². The molecule has 0 unspecified atom stereocenters. The molecular weight excluding hydrogens is 368 g/mol. The Kier molecular flexibility index (Phi) is 7.01. The minimum atomic E-state index is -0.524. The first kappa shape index (κ1) is 21.0.